The summed E-state index contributed by atoms with van der Waals surface area (Å²) in [7, 11) is 3.23. The number of carbonyl (C=O) groups excluding carboxylic acids is 2. The van der Waals surface area contributed by atoms with Gasteiger partial charge in [-0.25, -0.2) is 4.98 Å². The van der Waals surface area contributed by atoms with E-state index in [1.807, 2.05) is 41.1 Å². The van der Waals surface area contributed by atoms with Gasteiger partial charge in [0.2, 0.25) is 5.91 Å². The van der Waals surface area contributed by atoms with E-state index in [9.17, 15) is 9.59 Å². The lowest BCUT2D eigenvalue weighted by Crippen LogP contribution is -2.34. The van der Waals surface area contributed by atoms with Gasteiger partial charge in [0.25, 0.3) is 0 Å². The Hall–Kier alpha value is -3.07. The van der Waals surface area contributed by atoms with Crippen molar-refractivity contribution in [2.75, 3.05) is 33.9 Å². The van der Waals surface area contributed by atoms with Gasteiger partial charge in [-0.15, -0.1) is 11.3 Å². The molecule has 31 heavy (non-hydrogen) atoms. The molecular weight excluding hydrogens is 418 g/mol. The molecule has 8 nitrogen and oxygen atoms in total. The number of imidazole rings is 1. The molecule has 0 atom stereocenters. The molecule has 9 heteroatoms. The van der Waals surface area contributed by atoms with Crippen LogP contribution in [0.5, 0.6) is 11.5 Å². The zero-order valence-corrected chi connectivity index (χ0v) is 19.0. The summed E-state index contributed by atoms with van der Waals surface area (Å²) in [5.74, 6) is 1.07. The highest BCUT2D eigenvalue weighted by Gasteiger charge is 2.19. The van der Waals surface area contributed by atoms with E-state index in [1.54, 1.807) is 26.0 Å². The average Bonchev–Trinajstić information content (AvgIpc) is 3.35. The van der Waals surface area contributed by atoms with Crippen LogP contribution in [0.4, 0.5) is 0 Å². The molecule has 0 aliphatic heterocycles. The Morgan fingerprint density at radius 1 is 1.19 bits per heavy atom. The van der Waals surface area contributed by atoms with Gasteiger partial charge in [0.1, 0.15) is 11.5 Å². The first-order valence-electron chi connectivity index (χ1n) is 10.1. The van der Waals surface area contributed by atoms with Gasteiger partial charge in [0, 0.05) is 35.9 Å². The Morgan fingerprint density at radius 3 is 2.68 bits per heavy atom. The Bertz CT molecular complexity index is 1060. The minimum atomic E-state index is -0.293. The van der Waals surface area contributed by atoms with Gasteiger partial charge in [-0.1, -0.05) is 0 Å². The van der Waals surface area contributed by atoms with Crippen LogP contribution in [-0.2, 0) is 20.7 Å². The van der Waals surface area contributed by atoms with E-state index in [4.69, 9.17) is 19.2 Å². The van der Waals surface area contributed by atoms with Crippen molar-refractivity contribution >= 4 is 28.2 Å². The summed E-state index contributed by atoms with van der Waals surface area (Å²) < 4.78 is 17.7. The molecule has 166 valence electrons. The van der Waals surface area contributed by atoms with Crippen molar-refractivity contribution in [3.63, 3.8) is 0 Å². The highest BCUT2D eigenvalue weighted by Crippen LogP contribution is 2.34. The lowest BCUT2D eigenvalue weighted by Gasteiger charge is -2.20. The van der Waals surface area contributed by atoms with Crippen molar-refractivity contribution in [3.8, 4) is 22.8 Å². The number of nitrogens with zero attached hydrogens (tertiary/aromatic N) is 3. The highest BCUT2D eigenvalue weighted by atomic mass is 32.1. The maximum Gasteiger partial charge on any atom is 0.307 e. The second kappa shape index (κ2) is 10.3. The number of benzene rings is 1. The van der Waals surface area contributed by atoms with Crippen LogP contribution in [-0.4, -0.2) is 60.1 Å². The Balaban J connectivity index is 1.80. The number of aromatic nitrogens is 2. The fourth-order valence-electron chi connectivity index (χ4n) is 3.29. The molecule has 0 unspecified atom stereocenters. The number of fused-ring (bicyclic) bond motifs is 1. The zero-order valence-electron chi connectivity index (χ0n) is 18.2. The summed E-state index contributed by atoms with van der Waals surface area (Å²) in [5.41, 5.74) is 2.41. The number of methoxy groups -OCH3 is 2. The number of ether oxygens (including phenoxy) is 3. The molecule has 0 spiro atoms. The first-order valence-corrected chi connectivity index (χ1v) is 11.0. The minimum absolute atomic E-state index is 0.0410. The quantitative estimate of drug-likeness (QED) is 0.445. The van der Waals surface area contributed by atoms with Crippen molar-refractivity contribution in [3.05, 3.63) is 35.5 Å². The number of likely N-dealkylation sites (N-methyl/N-ethyl adjacent to an activating group) is 1. The summed E-state index contributed by atoms with van der Waals surface area (Å²) in [5, 5.41) is 1.94. The van der Waals surface area contributed by atoms with Gasteiger partial charge in [-0.2, -0.15) is 0 Å². The van der Waals surface area contributed by atoms with Crippen LogP contribution in [0.1, 0.15) is 26.0 Å². The van der Waals surface area contributed by atoms with Crippen LogP contribution >= 0.6 is 11.3 Å². The Kier molecular flexibility index (Phi) is 7.51. The SMILES string of the molecule is CCOC(=O)CCN(CC)C(=O)Cc1csc2nc(-c3cc(OC)ccc3OC)cn12. The van der Waals surface area contributed by atoms with Gasteiger partial charge in [0.15, 0.2) is 4.96 Å². The number of thiazole rings is 1. The first kappa shape index (κ1) is 22.6. The largest absolute Gasteiger partial charge is 0.497 e. The lowest BCUT2D eigenvalue weighted by atomic mass is 10.1. The van der Waals surface area contributed by atoms with Crippen LogP contribution in [0.15, 0.2) is 29.8 Å². The molecule has 0 bridgehead atoms. The molecule has 0 saturated heterocycles. The highest BCUT2D eigenvalue weighted by molar-refractivity contribution is 7.15. The maximum atomic E-state index is 12.8. The number of esters is 1. The van der Waals surface area contributed by atoms with E-state index in [0.717, 1.165) is 21.9 Å². The van der Waals surface area contributed by atoms with Crippen molar-refractivity contribution < 1.29 is 23.8 Å². The molecular formula is C22H27N3O5S. The van der Waals surface area contributed by atoms with Crippen LogP contribution in [0.2, 0.25) is 0 Å². The van der Waals surface area contributed by atoms with Gasteiger partial charge in [-0.05, 0) is 32.0 Å². The smallest absolute Gasteiger partial charge is 0.307 e. The van der Waals surface area contributed by atoms with Gasteiger partial charge >= 0.3 is 5.97 Å². The summed E-state index contributed by atoms with van der Waals surface area (Å²) >= 11 is 1.47. The van der Waals surface area contributed by atoms with E-state index in [1.165, 1.54) is 11.3 Å². The molecule has 0 saturated carbocycles. The van der Waals surface area contributed by atoms with E-state index in [-0.39, 0.29) is 24.7 Å². The van der Waals surface area contributed by atoms with Gasteiger partial charge in [0.05, 0.1) is 39.4 Å². The number of rotatable bonds is 10. The number of carbonyl (C=O) groups is 2. The van der Waals surface area contributed by atoms with Crippen molar-refractivity contribution in [2.24, 2.45) is 0 Å². The minimum Gasteiger partial charge on any atom is -0.497 e. The van der Waals surface area contributed by atoms with Crippen LogP contribution in [0.25, 0.3) is 16.2 Å². The third-order valence-corrected chi connectivity index (χ3v) is 5.81. The second-order valence-electron chi connectivity index (χ2n) is 6.78. The van der Waals surface area contributed by atoms with E-state index in [2.05, 4.69) is 0 Å². The van der Waals surface area contributed by atoms with Gasteiger partial charge < -0.3 is 19.1 Å². The van der Waals surface area contributed by atoms with E-state index < -0.39 is 0 Å². The van der Waals surface area contributed by atoms with E-state index in [0.29, 0.717) is 31.2 Å². The molecule has 2 heterocycles. The predicted octanol–water partition coefficient (Wildman–Crippen LogP) is 3.42. The van der Waals surface area contributed by atoms with Gasteiger partial charge in [-0.3, -0.25) is 14.0 Å². The van der Waals surface area contributed by atoms with Crippen molar-refractivity contribution in [2.45, 2.75) is 26.7 Å². The normalized spacial score (nSPS) is 10.8. The third-order valence-electron chi connectivity index (χ3n) is 4.92. The maximum absolute atomic E-state index is 12.8. The predicted molar refractivity (Wildman–Crippen MR) is 119 cm³/mol. The molecule has 1 amide bonds. The molecule has 0 N–H and O–H groups in total. The fourth-order valence-corrected chi connectivity index (χ4v) is 4.16. The monoisotopic (exact) mass is 445 g/mol. The number of amides is 1. The number of hydrogen-bond acceptors (Lipinski definition) is 7. The zero-order chi connectivity index (χ0) is 22.4. The molecule has 0 aliphatic carbocycles. The van der Waals surface area contributed by atoms with E-state index >= 15 is 0 Å². The average molecular weight is 446 g/mol. The fraction of sp³-hybridized carbons (Fsp3) is 0.409. The molecule has 0 aliphatic rings. The first-order chi connectivity index (χ1) is 15.0. The Morgan fingerprint density at radius 2 is 2.00 bits per heavy atom. The second-order valence-corrected chi connectivity index (χ2v) is 7.61. The molecule has 0 radical (unpaired) electrons. The molecule has 1 aromatic carbocycles. The number of hydrogen-bond donors (Lipinski definition) is 0. The lowest BCUT2D eigenvalue weighted by molar-refractivity contribution is -0.144. The molecule has 2 aromatic heterocycles. The molecule has 3 rings (SSSR count). The van der Waals surface area contributed by atoms with Crippen molar-refractivity contribution in [1.29, 1.82) is 0 Å². The van der Waals surface area contributed by atoms with Crippen LogP contribution in [0, 0.1) is 0 Å². The topological polar surface area (TPSA) is 82.4 Å². The summed E-state index contributed by atoms with van der Waals surface area (Å²) in [6.45, 7) is 4.88. The summed E-state index contributed by atoms with van der Waals surface area (Å²) in [6, 6.07) is 5.56. The summed E-state index contributed by atoms with van der Waals surface area (Å²) in [4.78, 5) is 31.6. The standard InChI is InChI=1S/C22H27N3O5S/c1-5-24(10-9-21(27)30-6-2)20(26)11-15-14-31-22-23-18(13-25(15)22)17-12-16(28-3)7-8-19(17)29-4/h7-8,12-14H,5-6,9-11H2,1-4H3. The van der Waals surface area contributed by atoms with Crippen LogP contribution in [0.3, 0.4) is 0 Å². The third kappa shape index (κ3) is 5.16. The van der Waals surface area contributed by atoms with Crippen molar-refractivity contribution in [1.82, 2.24) is 14.3 Å². The Labute approximate surface area is 185 Å². The summed E-state index contributed by atoms with van der Waals surface area (Å²) in [6.07, 6.45) is 2.32. The molecule has 0 fully saturated rings. The van der Waals surface area contributed by atoms with Crippen LogP contribution < -0.4 is 9.47 Å². The molecule has 3 aromatic rings.